The summed E-state index contributed by atoms with van der Waals surface area (Å²) in [6, 6.07) is 8.95. The molecule has 2 bridgehead atoms. The topological polar surface area (TPSA) is 75.4 Å². The Kier molecular flexibility index (Phi) is 6.31. The molecule has 1 aromatic heterocycles. The zero-order valence-electron chi connectivity index (χ0n) is 18.9. The van der Waals surface area contributed by atoms with E-state index in [-0.39, 0.29) is 11.7 Å². The van der Waals surface area contributed by atoms with Crippen molar-refractivity contribution in [2.75, 3.05) is 0 Å². The van der Waals surface area contributed by atoms with Gasteiger partial charge in [0.25, 0.3) is 5.56 Å². The summed E-state index contributed by atoms with van der Waals surface area (Å²) in [6.07, 6.45) is 16.5. The van der Waals surface area contributed by atoms with Gasteiger partial charge in [-0.25, -0.2) is 9.78 Å². The number of carboxylic acids is 1. The quantitative estimate of drug-likeness (QED) is 0.718. The molecule has 1 aliphatic carbocycles. The summed E-state index contributed by atoms with van der Waals surface area (Å²) in [5, 5.41) is 9.62. The van der Waals surface area contributed by atoms with Gasteiger partial charge in [0.05, 0.1) is 17.1 Å². The van der Waals surface area contributed by atoms with E-state index in [2.05, 4.69) is 9.88 Å². The number of benzene rings is 1. The smallest absolute Gasteiger partial charge is 0.360 e. The molecule has 2 saturated heterocycles. The number of hydrogen-bond acceptors (Lipinski definition) is 4. The van der Waals surface area contributed by atoms with Crippen LogP contribution >= 0.6 is 0 Å². The van der Waals surface area contributed by atoms with Gasteiger partial charge in [0, 0.05) is 18.1 Å². The molecule has 172 valence electrons. The van der Waals surface area contributed by atoms with Crippen molar-refractivity contribution in [2.45, 2.75) is 108 Å². The molecule has 0 unspecified atom stereocenters. The maximum atomic E-state index is 13.3. The third-order valence-electron chi connectivity index (χ3n) is 8.13. The number of rotatable bonds is 3. The Labute approximate surface area is 189 Å². The Morgan fingerprint density at radius 1 is 0.844 bits per heavy atom. The molecular weight excluding hydrogens is 402 g/mol. The Balaban J connectivity index is 1.48. The molecule has 2 aromatic rings. The first kappa shape index (κ1) is 21.6. The van der Waals surface area contributed by atoms with Crippen LogP contribution < -0.4 is 5.56 Å². The van der Waals surface area contributed by atoms with Crippen molar-refractivity contribution in [2.24, 2.45) is 0 Å². The number of hydrogen-bond donors (Lipinski definition) is 1. The van der Waals surface area contributed by atoms with Gasteiger partial charge in [-0.05, 0) is 44.2 Å². The van der Waals surface area contributed by atoms with Crippen molar-refractivity contribution in [3.63, 3.8) is 0 Å². The second-order valence-electron chi connectivity index (χ2n) is 10.0. The van der Waals surface area contributed by atoms with E-state index in [4.69, 9.17) is 0 Å². The van der Waals surface area contributed by atoms with Gasteiger partial charge in [-0.2, -0.15) is 0 Å². The summed E-state index contributed by atoms with van der Waals surface area (Å²) in [4.78, 5) is 32.0. The molecule has 1 aromatic carbocycles. The Morgan fingerprint density at radius 3 is 2.19 bits per heavy atom. The average Bonchev–Trinajstić information content (AvgIpc) is 3.34. The molecule has 0 amide bonds. The molecule has 0 spiro atoms. The minimum atomic E-state index is -1.24. The summed E-state index contributed by atoms with van der Waals surface area (Å²) < 4.78 is 1.79. The van der Waals surface area contributed by atoms with Crippen molar-refractivity contribution in [1.29, 1.82) is 0 Å². The summed E-state index contributed by atoms with van der Waals surface area (Å²) >= 11 is 0. The molecule has 1 saturated carbocycles. The van der Waals surface area contributed by atoms with Gasteiger partial charge in [-0.15, -0.1) is 0 Å². The number of fused-ring (bicyclic) bond motifs is 3. The first-order chi connectivity index (χ1) is 15.6. The Morgan fingerprint density at radius 2 is 1.50 bits per heavy atom. The van der Waals surface area contributed by atoms with Crippen LogP contribution in [0.25, 0.3) is 11.0 Å². The highest BCUT2D eigenvalue weighted by molar-refractivity contribution is 5.88. The summed E-state index contributed by atoms with van der Waals surface area (Å²) in [6.45, 7) is 0. The third-order valence-corrected chi connectivity index (χ3v) is 8.13. The average molecular weight is 438 g/mol. The van der Waals surface area contributed by atoms with E-state index >= 15 is 0 Å². The van der Waals surface area contributed by atoms with E-state index in [0.29, 0.717) is 23.6 Å². The van der Waals surface area contributed by atoms with Crippen LogP contribution in [-0.2, 0) is 0 Å². The van der Waals surface area contributed by atoms with Gasteiger partial charge in [-0.1, -0.05) is 63.5 Å². The Bertz CT molecular complexity index is 1020. The van der Waals surface area contributed by atoms with Gasteiger partial charge in [0.15, 0.2) is 0 Å². The summed E-state index contributed by atoms with van der Waals surface area (Å²) in [5.41, 5.74) is 0.556. The monoisotopic (exact) mass is 437 g/mol. The largest absolute Gasteiger partial charge is 0.476 e. The lowest BCUT2D eigenvalue weighted by molar-refractivity contribution is 0.0687. The molecule has 32 heavy (non-hydrogen) atoms. The third kappa shape index (κ3) is 3.98. The van der Waals surface area contributed by atoms with E-state index in [1.54, 1.807) is 4.57 Å². The standard InChI is InChI=1S/C26H35N3O3/c30-25-24(26(31)32)27-20-13-9-10-14-21(20)29(25)23-17-19-15-16-22(23)28(19)18-11-7-5-3-1-2-4-6-8-12-18/h9-10,13-14,18-19,22-23H,1-8,11-12,15-17H2,(H,31,32)/t19-,22+,23+/m0/s1. The van der Waals surface area contributed by atoms with Gasteiger partial charge in [0.2, 0.25) is 5.69 Å². The van der Waals surface area contributed by atoms with Crippen molar-refractivity contribution in [1.82, 2.24) is 14.5 Å². The molecule has 3 atom stereocenters. The predicted octanol–water partition coefficient (Wildman–Crippen LogP) is 5.16. The number of para-hydroxylation sites is 2. The minimum Gasteiger partial charge on any atom is -0.476 e. The number of carboxylic acid groups (broad SMARTS) is 1. The lowest BCUT2D eigenvalue weighted by Gasteiger charge is -2.33. The fraction of sp³-hybridized carbons (Fsp3) is 0.654. The normalized spacial score (nSPS) is 28.1. The number of nitrogens with zero attached hydrogens (tertiary/aromatic N) is 3. The van der Waals surface area contributed by atoms with E-state index in [9.17, 15) is 14.7 Å². The lowest BCUT2D eigenvalue weighted by Crippen LogP contribution is -2.42. The molecule has 2 aliphatic heterocycles. The van der Waals surface area contributed by atoms with E-state index in [0.717, 1.165) is 18.4 Å². The second-order valence-corrected chi connectivity index (χ2v) is 10.0. The molecular formula is C26H35N3O3. The van der Waals surface area contributed by atoms with Crippen LogP contribution in [0.4, 0.5) is 0 Å². The van der Waals surface area contributed by atoms with Crippen LogP contribution in [0.5, 0.6) is 0 Å². The van der Waals surface area contributed by atoms with Crippen LogP contribution in [0.3, 0.4) is 0 Å². The number of carbonyl (C=O) groups is 1. The first-order valence-electron chi connectivity index (χ1n) is 12.7. The predicted molar refractivity (Wildman–Crippen MR) is 125 cm³/mol. The fourth-order valence-electron chi connectivity index (χ4n) is 6.73. The number of aromatic nitrogens is 2. The molecule has 3 aliphatic rings. The van der Waals surface area contributed by atoms with Gasteiger partial charge < -0.3 is 5.11 Å². The van der Waals surface area contributed by atoms with Gasteiger partial charge in [0.1, 0.15) is 0 Å². The SMILES string of the molecule is O=C(O)c1nc2ccccc2n([C@@H]2C[C@@H]3CC[C@H]2N3C2CCCCCCCCCC2)c1=O. The van der Waals surface area contributed by atoms with E-state index < -0.39 is 11.5 Å². The molecule has 3 heterocycles. The van der Waals surface area contributed by atoms with Crippen molar-refractivity contribution >= 4 is 17.0 Å². The van der Waals surface area contributed by atoms with Gasteiger partial charge >= 0.3 is 5.97 Å². The zero-order chi connectivity index (χ0) is 22.1. The van der Waals surface area contributed by atoms with Crippen molar-refractivity contribution < 1.29 is 9.90 Å². The highest BCUT2D eigenvalue weighted by Gasteiger charge is 2.50. The second kappa shape index (κ2) is 9.34. The maximum absolute atomic E-state index is 13.3. The van der Waals surface area contributed by atoms with E-state index in [1.807, 2.05) is 24.3 Å². The van der Waals surface area contributed by atoms with Crippen molar-refractivity contribution in [3.8, 4) is 0 Å². The van der Waals surface area contributed by atoms with Crippen LogP contribution in [-0.4, -0.2) is 43.7 Å². The zero-order valence-corrected chi connectivity index (χ0v) is 18.9. The van der Waals surface area contributed by atoms with Crippen LogP contribution in [0.15, 0.2) is 29.1 Å². The molecule has 3 fully saturated rings. The highest BCUT2D eigenvalue weighted by Crippen LogP contribution is 2.47. The summed E-state index contributed by atoms with van der Waals surface area (Å²) in [7, 11) is 0. The van der Waals surface area contributed by atoms with Crippen LogP contribution in [0.1, 0.15) is 100 Å². The van der Waals surface area contributed by atoms with Crippen LogP contribution in [0.2, 0.25) is 0 Å². The van der Waals surface area contributed by atoms with Crippen molar-refractivity contribution in [3.05, 3.63) is 40.3 Å². The fourth-order valence-corrected chi connectivity index (χ4v) is 6.73. The maximum Gasteiger partial charge on any atom is 0.360 e. The summed E-state index contributed by atoms with van der Waals surface area (Å²) in [5.74, 6) is -1.24. The highest BCUT2D eigenvalue weighted by atomic mass is 16.4. The minimum absolute atomic E-state index is 0.0328. The first-order valence-corrected chi connectivity index (χ1v) is 12.7. The Hall–Kier alpha value is -2.21. The molecule has 5 rings (SSSR count). The molecule has 6 heteroatoms. The lowest BCUT2D eigenvalue weighted by atomic mass is 9.95. The van der Waals surface area contributed by atoms with Gasteiger partial charge in [-0.3, -0.25) is 14.3 Å². The number of aromatic carboxylic acids is 1. The van der Waals surface area contributed by atoms with E-state index in [1.165, 1.54) is 70.6 Å². The molecule has 1 N–H and O–H groups in total. The molecule has 0 radical (unpaired) electrons. The molecule has 6 nitrogen and oxygen atoms in total. The van der Waals surface area contributed by atoms with Crippen LogP contribution in [0, 0.1) is 0 Å².